The predicted octanol–water partition coefficient (Wildman–Crippen LogP) is 2.45. The lowest BCUT2D eigenvalue weighted by molar-refractivity contribution is -0.120. The smallest absolute Gasteiger partial charge is 0.257 e. The van der Waals surface area contributed by atoms with Gasteiger partial charge in [0.1, 0.15) is 5.75 Å². The van der Waals surface area contributed by atoms with E-state index >= 15 is 0 Å². The van der Waals surface area contributed by atoms with Crippen LogP contribution in [-0.2, 0) is 11.2 Å². The average molecular weight is 303 g/mol. The van der Waals surface area contributed by atoms with Crippen molar-refractivity contribution >= 4 is 5.91 Å². The largest absolute Gasteiger partial charge is 0.497 e. The first-order valence-electron chi connectivity index (χ1n) is 7.32. The van der Waals surface area contributed by atoms with Crippen LogP contribution >= 0.6 is 0 Å². The molecule has 118 valence electrons. The summed E-state index contributed by atoms with van der Waals surface area (Å²) in [5.74, 6) is 2.00. The van der Waals surface area contributed by atoms with Gasteiger partial charge in [0.25, 0.3) is 5.89 Å². The zero-order valence-corrected chi connectivity index (χ0v) is 13.1. The number of ether oxygens (including phenoxy) is 1. The fourth-order valence-corrected chi connectivity index (χ4v) is 1.88. The van der Waals surface area contributed by atoms with Gasteiger partial charge in [-0.1, -0.05) is 19.0 Å². The van der Waals surface area contributed by atoms with Crippen molar-refractivity contribution in [2.45, 2.75) is 26.7 Å². The zero-order valence-electron chi connectivity index (χ0n) is 13.1. The minimum Gasteiger partial charge on any atom is -0.497 e. The van der Waals surface area contributed by atoms with Crippen LogP contribution in [-0.4, -0.2) is 29.7 Å². The number of carbonyl (C=O) groups is 1. The van der Waals surface area contributed by atoms with Crippen molar-refractivity contribution in [2.75, 3.05) is 13.7 Å². The molecule has 0 aliphatic heterocycles. The second kappa shape index (κ2) is 7.59. The van der Waals surface area contributed by atoms with E-state index in [4.69, 9.17) is 9.26 Å². The van der Waals surface area contributed by atoms with Gasteiger partial charge in [-0.15, -0.1) is 0 Å². The highest BCUT2D eigenvalue weighted by molar-refractivity contribution is 5.77. The molecule has 0 spiro atoms. The van der Waals surface area contributed by atoms with E-state index in [1.165, 1.54) is 0 Å². The molecule has 2 aromatic rings. The molecule has 0 bridgehead atoms. The number of nitrogens with one attached hydrogen (secondary N) is 1. The van der Waals surface area contributed by atoms with Crippen LogP contribution in [0.15, 0.2) is 28.8 Å². The Morgan fingerprint density at radius 2 is 2.05 bits per heavy atom. The summed E-state index contributed by atoms with van der Waals surface area (Å²) in [4.78, 5) is 16.0. The van der Waals surface area contributed by atoms with Crippen LogP contribution in [0.4, 0.5) is 0 Å². The van der Waals surface area contributed by atoms with E-state index < -0.39 is 0 Å². The Hall–Kier alpha value is -2.37. The van der Waals surface area contributed by atoms with Crippen LogP contribution in [0.3, 0.4) is 0 Å². The number of hydrogen-bond acceptors (Lipinski definition) is 5. The van der Waals surface area contributed by atoms with Gasteiger partial charge in [-0.3, -0.25) is 4.79 Å². The van der Waals surface area contributed by atoms with Gasteiger partial charge in [0.05, 0.1) is 13.5 Å². The van der Waals surface area contributed by atoms with E-state index in [-0.39, 0.29) is 12.3 Å². The molecule has 1 aromatic heterocycles. The Kier molecular flexibility index (Phi) is 5.52. The Balaban J connectivity index is 1.91. The number of nitrogens with zero attached hydrogens (tertiary/aromatic N) is 2. The van der Waals surface area contributed by atoms with Gasteiger partial charge in [-0.05, 0) is 36.6 Å². The summed E-state index contributed by atoms with van der Waals surface area (Å²) in [6, 6.07) is 7.30. The molecule has 2 rings (SSSR count). The van der Waals surface area contributed by atoms with Crippen LogP contribution in [0, 0.1) is 5.92 Å². The van der Waals surface area contributed by atoms with Crippen molar-refractivity contribution < 1.29 is 14.1 Å². The van der Waals surface area contributed by atoms with Crippen molar-refractivity contribution in [2.24, 2.45) is 5.92 Å². The maximum absolute atomic E-state index is 11.8. The lowest BCUT2D eigenvalue weighted by atomic mass is 10.1. The average Bonchev–Trinajstić information content (AvgIpc) is 2.95. The number of amides is 1. The van der Waals surface area contributed by atoms with Gasteiger partial charge < -0.3 is 14.6 Å². The number of aromatic nitrogens is 2. The quantitative estimate of drug-likeness (QED) is 0.850. The summed E-state index contributed by atoms with van der Waals surface area (Å²) in [6.45, 7) is 4.90. The molecule has 0 aliphatic rings. The molecule has 0 fully saturated rings. The second-order valence-corrected chi connectivity index (χ2v) is 5.45. The third-order valence-corrected chi connectivity index (χ3v) is 3.17. The number of methoxy groups -OCH3 is 1. The first kappa shape index (κ1) is 16.0. The fraction of sp³-hybridized carbons (Fsp3) is 0.438. The molecular formula is C16H21N3O3. The van der Waals surface area contributed by atoms with Crippen molar-refractivity contribution in [1.29, 1.82) is 0 Å². The third-order valence-electron chi connectivity index (χ3n) is 3.17. The molecule has 0 aliphatic carbocycles. The summed E-state index contributed by atoms with van der Waals surface area (Å²) in [5, 5.41) is 6.69. The van der Waals surface area contributed by atoms with E-state index in [0.29, 0.717) is 24.2 Å². The summed E-state index contributed by atoms with van der Waals surface area (Å²) in [7, 11) is 1.61. The van der Waals surface area contributed by atoms with Gasteiger partial charge in [0.15, 0.2) is 5.82 Å². The molecular weight excluding hydrogens is 282 g/mol. The van der Waals surface area contributed by atoms with Crippen LogP contribution in [0.5, 0.6) is 5.75 Å². The maximum Gasteiger partial charge on any atom is 0.257 e. The lowest BCUT2D eigenvalue weighted by Gasteiger charge is -2.05. The van der Waals surface area contributed by atoms with Crippen molar-refractivity contribution in [3.8, 4) is 17.2 Å². The van der Waals surface area contributed by atoms with Crippen molar-refractivity contribution in [1.82, 2.24) is 15.5 Å². The minimum atomic E-state index is -0.0947. The minimum absolute atomic E-state index is 0.0947. The van der Waals surface area contributed by atoms with E-state index in [9.17, 15) is 4.79 Å². The summed E-state index contributed by atoms with van der Waals surface area (Å²) in [5.41, 5.74) is 0.791. The molecule has 22 heavy (non-hydrogen) atoms. The van der Waals surface area contributed by atoms with E-state index in [1.807, 2.05) is 24.3 Å². The molecule has 0 unspecified atom stereocenters. The SMILES string of the molecule is COc1ccc(-c2nc(CC(=O)NCCC(C)C)no2)cc1. The van der Waals surface area contributed by atoms with Crippen LogP contribution < -0.4 is 10.1 Å². The van der Waals surface area contributed by atoms with Gasteiger partial charge in [0.2, 0.25) is 5.91 Å². The number of rotatable bonds is 7. The number of benzene rings is 1. The van der Waals surface area contributed by atoms with Crippen molar-refractivity contribution in [3.63, 3.8) is 0 Å². The highest BCUT2D eigenvalue weighted by Gasteiger charge is 2.12. The highest BCUT2D eigenvalue weighted by atomic mass is 16.5. The van der Waals surface area contributed by atoms with Gasteiger partial charge >= 0.3 is 0 Å². The molecule has 6 heteroatoms. The van der Waals surface area contributed by atoms with Gasteiger partial charge in [-0.25, -0.2) is 0 Å². The molecule has 1 N–H and O–H groups in total. The number of hydrogen-bond donors (Lipinski definition) is 1. The Bertz CT molecular complexity index is 605. The number of carbonyl (C=O) groups excluding carboxylic acids is 1. The molecule has 1 aromatic carbocycles. The molecule has 0 atom stereocenters. The molecule has 6 nitrogen and oxygen atoms in total. The summed E-state index contributed by atoms with van der Waals surface area (Å²) in [6.07, 6.45) is 1.08. The highest BCUT2D eigenvalue weighted by Crippen LogP contribution is 2.20. The molecule has 0 saturated heterocycles. The zero-order chi connectivity index (χ0) is 15.9. The fourth-order valence-electron chi connectivity index (χ4n) is 1.88. The van der Waals surface area contributed by atoms with Crippen LogP contribution in [0.25, 0.3) is 11.5 Å². The third kappa shape index (κ3) is 4.58. The Morgan fingerprint density at radius 1 is 1.32 bits per heavy atom. The second-order valence-electron chi connectivity index (χ2n) is 5.45. The van der Waals surface area contributed by atoms with Gasteiger partial charge in [-0.2, -0.15) is 4.98 Å². The summed E-state index contributed by atoms with van der Waals surface area (Å²) >= 11 is 0. The Labute approximate surface area is 129 Å². The van der Waals surface area contributed by atoms with E-state index in [1.54, 1.807) is 7.11 Å². The molecule has 0 saturated carbocycles. The molecule has 1 amide bonds. The van der Waals surface area contributed by atoms with E-state index in [2.05, 4.69) is 29.3 Å². The van der Waals surface area contributed by atoms with E-state index in [0.717, 1.165) is 17.7 Å². The summed E-state index contributed by atoms with van der Waals surface area (Å²) < 4.78 is 10.3. The van der Waals surface area contributed by atoms with Crippen LogP contribution in [0.1, 0.15) is 26.1 Å². The lowest BCUT2D eigenvalue weighted by Crippen LogP contribution is -2.27. The van der Waals surface area contributed by atoms with Crippen LogP contribution in [0.2, 0.25) is 0 Å². The standard InChI is InChI=1S/C16H21N3O3/c1-11(2)8-9-17-15(20)10-14-18-16(22-19-14)12-4-6-13(21-3)7-5-12/h4-7,11H,8-10H2,1-3H3,(H,17,20). The topological polar surface area (TPSA) is 77.2 Å². The molecule has 0 radical (unpaired) electrons. The molecule has 1 heterocycles. The monoisotopic (exact) mass is 303 g/mol. The Morgan fingerprint density at radius 3 is 2.68 bits per heavy atom. The normalized spacial score (nSPS) is 10.7. The first-order valence-corrected chi connectivity index (χ1v) is 7.32. The predicted molar refractivity (Wildman–Crippen MR) is 82.5 cm³/mol. The maximum atomic E-state index is 11.8. The van der Waals surface area contributed by atoms with Gasteiger partial charge in [0, 0.05) is 12.1 Å². The first-order chi connectivity index (χ1) is 10.6. The van der Waals surface area contributed by atoms with Crippen molar-refractivity contribution in [3.05, 3.63) is 30.1 Å².